The summed E-state index contributed by atoms with van der Waals surface area (Å²) in [6.45, 7) is 0. The monoisotopic (exact) mass is 532 g/mol. The van der Waals surface area contributed by atoms with Gasteiger partial charge in [-0.1, -0.05) is 57.3 Å². The molecule has 32 heavy (non-hydrogen) atoms. The zero-order valence-electron chi connectivity index (χ0n) is 16.5. The molecule has 3 atom stereocenters. The predicted molar refractivity (Wildman–Crippen MR) is 126 cm³/mol. The maximum absolute atomic E-state index is 14.3. The summed E-state index contributed by atoms with van der Waals surface area (Å²) in [6, 6.07) is 15.8. The SMILES string of the molecule is O=C1C[C@@H](c2cccc(Cl)c2)[C@]2(C(=O)Nc3cc(Cl)ccc32)[C@H](c2cc(F)ccc2Br)N1. The Bertz CT molecular complexity index is 1280. The number of hydrogen-bond acceptors (Lipinski definition) is 2. The molecule has 4 nitrogen and oxygen atoms in total. The second-order valence-electron chi connectivity index (χ2n) is 7.99. The Morgan fingerprint density at radius 1 is 1.00 bits per heavy atom. The largest absolute Gasteiger partial charge is 0.348 e. The van der Waals surface area contributed by atoms with Crippen LogP contribution in [0.3, 0.4) is 0 Å². The van der Waals surface area contributed by atoms with Gasteiger partial charge in [-0.15, -0.1) is 0 Å². The van der Waals surface area contributed by atoms with Gasteiger partial charge in [0.2, 0.25) is 11.8 Å². The summed E-state index contributed by atoms with van der Waals surface area (Å²) in [5.74, 6) is -1.54. The molecule has 1 fully saturated rings. The zero-order chi connectivity index (χ0) is 22.6. The first-order valence-corrected chi connectivity index (χ1v) is 11.5. The Morgan fingerprint density at radius 2 is 1.78 bits per heavy atom. The van der Waals surface area contributed by atoms with Crippen LogP contribution in [0.15, 0.2) is 65.1 Å². The molecule has 5 rings (SSSR count). The summed E-state index contributed by atoms with van der Waals surface area (Å²) >= 11 is 16.0. The number of fused-ring (bicyclic) bond motifs is 2. The van der Waals surface area contributed by atoms with E-state index in [9.17, 15) is 14.0 Å². The van der Waals surface area contributed by atoms with Crippen molar-refractivity contribution in [2.45, 2.75) is 23.8 Å². The van der Waals surface area contributed by atoms with Crippen LogP contribution in [0.25, 0.3) is 0 Å². The number of rotatable bonds is 2. The number of anilines is 1. The van der Waals surface area contributed by atoms with Gasteiger partial charge < -0.3 is 10.6 Å². The summed E-state index contributed by atoms with van der Waals surface area (Å²) < 4.78 is 14.9. The Morgan fingerprint density at radius 3 is 2.56 bits per heavy atom. The normalized spacial score (nSPS) is 24.2. The fourth-order valence-corrected chi connectivity index (χ4v) is 5.85. The minimum absolute atomic E-state index is 0.0687. The average molecular weight is 534 g/mol. The lowest BCUT2D eigenvalue weighted by atomic mass is 9.59. The van der Waals surface area contributed by atoms with Crippen LogP contribution in [0.4, 0.5) is 10.1 Å². The molecule has 2 heterocycles. The fraction of sp³-hybridized carbons (Fsp3) is 0.167. The summed E-state index contributed by atoms with van der Waals surface area (Å²) in [4.78, 5) is 26.7. The number of amides is 2. The van der Waals surface area contributed by atoms with Gasteiger partial charge in [-0.25, -0.2) is 4.39 Å². The van der Waals surface area contributed by atoms with Crippen LogP contribution in [0, 0.1) is 5.82 Å². The maximum atomic E-state index is 14.3. The van der Waals surface area contributed by atoms with Crippen molar-refractivity contribution in [1.29, 1.82) is 0 Å². The average Bonchev–Trinajstić information content (AvgIpc) is 3.02. The molecule has 0 radical (unpaired) electrons. The molecule has 2 N–H and O–H groups in total. The van der Waals surface area contributed by atoms with E-state index in [0.717, 1.165) is 5.56 Å². The van der Waals surface area contributed by atoms with Gasteiger partial charge >= 0.3 is 0 Å². The lowest BCUT2D eigenvalue weighted by Gasteiger charge is -2.46. The molecule has 0 aliphatic carbocycles. The van der Waals surface area contributed by atoms with Gasteiger partial charge in [-0.2, -0.15) is 0 Å². The van der Waals surface area contributed by atoms with Gasteiger partial charge in [0.1, 0.15) is 11.2 Å². The molecule has 0 saturated carbocycles. The van der Waals surface area contributed by atoms with Gasteiger partial charge in [-0.05, 0) is 59.2 Å². The number of carbonyl (C=O) groups is 2. The van der Waals surface area contributed by atoms with Crippen molar-refractivity contribution in [3.63, 3.8) is 0 Å². The van der Waals surface area contributed by atoms with E-state index >= 15 is 0 Å². The van der Waals surface area contributed by atoms with Gasteiger partial charge in [0, 0.05) is 32.5 Å². The van der Waals surface area contributed by atoms with E-state index in [2.05, 4.69) is 26.6 Å². The quantitative estimate of drug-likeness (QED) is 0.416. The summed E-state index contributed by atoms with van der Waals surface area (Å²) in [5, 5.41) is 6.89. The first-order chi connectivity index (χ1) is 15.3. The standard InChI is InChI=1S/C24H16BrCl2FN2O2/c25-19-7-5-15(28)10-16(19)22-24(17-6-4-14(27)9-20(17)29-23(24)32)18(11-21(31)30-22)12-2-1-3-13(26)8-12/h1-10,18,22H,11H2,(H,29,32)(H,30,31)/t18-,22-,24-/m0/s1. The highest BCUT2D eigenvalue weighted by Gasteiger charge is 2.61. The number of carbonyl (C=O) groups excluding carboxylic acids is 2. The summed E-state index contributed by atoms with van der Waals surface area (Å²) in [7, 11) is 0. The van der Waals surface area contributed by atoms with Crippen LogP contribution in [-0.2, 0) is 15.0 Å². The lowest BCUT2D eigenvalue weighted by Crippen LogP contribution is -2.57. The van der Waals surface area contributed by atoms with E-state index in [1.54, 1.807) is 42.5 Å². The van der Waals surface area contributed by atoms with Crippen LogP contribution in [0.2, 0.25) is 10.0 Å². The molecule has 8 heteroatoms. The van der Waals surface area contributed by atoms with Gasteiger partial charge in [0.15, 0.2) is 0 Å². The minimum Gasteiger partial charge on any atom is -0.348 e. The third kappa shape index (κ3) is 3.24. The molecule has 1 saturated heterocycles. The highest BCUT2D eigenvalue weighted by atomic mass is 79.9. The Balaban J connectivity index is 1.83. The zero-order valence-corrected chi connectivity index (χ0v) is 19.6. The van der Waals surface area contributed by atoms with E-state index in [4.69, 9.17) is 23.2 Å². The first kappa shape index (κ1) is 21.4. The molecule has 3 aromatic rings. The summed E-state index contributed by atoms with van der Waals surface area (Å²) in [5.41, 5.74) is 1.25. The first-order valence-electron chi connectivity index (χ1n) is 9.92. The molecule has 2 amide bonds. The Kier molecular flexibility index (Phi) is 5.27. The Hall–Kier alpha value is -2.41. The van der Waals surface area contributed by atoms with E-state index < -0.39 is 23.2 Å². The Labute approximate surface area is 202 Å². The van der Waals surface area contributed by atoms with Crippen molar-refractivity contribution in [3.8, 4) is 0 Å². The number of piperidine rings is 1. The van der Waals surface area contributed by atoms with Crippen molar-refractivity contribution in [1.82, 2.24) is 5.32 Å². The van der Waals surface area contributed by atoms with Crippen molar-refractivity contribution in [3.05, 3.63) is 97.7 Å². The van der Waals surface area contributed by atoms with Crippen LogP contribution >= 0.6 is 39.1 Å². The summed E-state index contributed by atoms with van der Waals surface area (Å²) in [6.07, 6.45) is 0.0687. The van der Waals surface area contributed by atoms with Gasteiger partial charge in [0.05, 0.1) is 6.04 Å². The van der Waals surface area contributed by atoms with Gasteiger partial charge in [0.25, 0.3) is 0 Å². The molecule has 2 aliphatic heterocycles. The third-order valence-electron chi connectivity index (χ3n) is 6.27. The highest BCUT2D eigenvalue weighted by Crippen LogP contribution is 2.58. The van der Waals surface area contributed by atoms with E-state index in [1.807, 2.05) is 6.07 Å². The van der Waals surface area contributed by atoms with Crippen molar-refractivity contribution in [2.75, 3.05) is 5.32 Å². The number of nitrogens with one attached hydrogen (secondary N) is 2. The molecular weight excluding hydrogens is 518 g/mol. The molecule has 162 valence electrons. The van der Waals surface area contributed by atoms with Crippen LogP contribution in [-0.4, -0.2) is 11.8 Å². The van der Waals surface area contributed by atoms with Crippen molar-refractivity contribution >= 4 is 56.6 Å². The van der Waals surface area contributed by atoms with Crippen molar-refractivity contribution < 1.29 is 14.0 Å². The van der Waals surface area contributed by atoms with E-state index in [1.165, 1.54) is 12.1 Å². The van der Waals surface area contributed by atoms with E-state index in [0.29, 0.717) is 31.3 Å². The molecule has 3 aromatic carbocycles. The minimum atomic E-state index is -1.24. The smallest absolute Gasteiger partial charge is 0.238 e. The molecule has 0 bridgehead atoms. The van der Waals surface area contributed by atoms with Crippen LogP contribution in [0.5, 0.6) is 0 Å². The molecule has 1 spiro atoms. The van der Waals surface area contributed by atoms with Gasteiger partial charge in [-0.3, -0.25) is 9.59 Å². The molecular formula is C24H16BrCl2FN2O2. The highest BCUT2D eigenvalue weighted by molar-refractivity contribution is 9.10. The number of benzene rings is 3. The third-order valence-corrected chi connectivity index (χ3v) is 7.46. The fourth-order valence-electron chi connectivity index (χ4n) is 5.01. The number of halogens is 4. The predicted octanol–water partition coefficient (Wildman–Crippen LogP) is 6.13. The second kappa shape index (κ2) is 7.87. The molecule has 0 unspecified atom stereocenters. The van der Waals surface area contributed by atoms with Crippen LogP contribution < -0.4 is 10.6 Å². The maximum Gasteiger partial charge on any atom is 0.238 e. The van der Waals surface area contributed by atoms with Crippen LogP contribution in [0.1, 0.15) is 35.1 Å². The van der Waals surface area contributed by atoms with E-state index in [-0.39, 0.29) is 18.2 Å². The molecule has 2 aliphatic rings. The topological polar surface area (TPSA) is 58.2 Å². The van der Waals surface area contributed by atoms with Crippen molar-refractivity contribution in [2.24, 2.45) is 0 Å². The molecule has 0 aromatic heterocycles. The lowest BCUT2D eigenvalue weighted by molar-refractivity contribution is -0.131. The number of hydrogen-bond donors (Lipinski definition) is 2. The second-order valence-corrected chi connectivity index (χ2v) is 9.72.